The maximum absolute atomic E-state index is 13.8. The smallest absolute Gasteiger partial charge is 0.345 e. The van der Waals surface area contributed by atoms with Crippen LogP contribution in [0.4, 0.5) is 10.1 Å². The number of carbonyl (C=O) groups excluding carboxylic acids is 2. The van der Waals surface area contributed by atoms with Gasteiger partial charge in [0.15, 0.2) is 0 Å². The van der Waals surface area contributed by atoms with E-state index < -0.39 is 5.63 Å². The molecule has 1 atom stereocenters. The molecular formula is C32H22FN3O4. The molecule has 8 heteroatoms. The minimum Gasteiger partial charge on any atom is -0.422 e. The molecular weight excluding hydrogens is 509 g/mol. The number of para-hydroxylation sites is 1. The van der Waals surface area contributed by atoms with E-state index in [0.29, 0.717) is 50.9 Å². The van der Waals surface area contributed by atoms with Gasteiger partial charge in [-0.25, -0.2) is 9.18 Å². The minimum absolute atomic E-state index is 0.274. The summed E-state index contributed by atoms with van der Waals surface area (Å²) in [6.45, 7) is 2.04. The molecule has 2 aliphatic heterocycles. The minimum atomic E-state index is -0.495. The second-order valence-electron chi connectivity index (χ2n) is 9.86. The highest BCUT2D eigenvalue weighted by atomic mass is 19.1. The Morgan fingerprint density at radius 3 is 2.40 bits per heavy atom. The Bertz CT molecular complexity index is 1940. The molecule has 0 saturated heterocycles. The highest BCUT2D eigenvalue weighted by molar-refractivity contribution is 6.27. The molecule has 0 bridgehead atoms. The zero-order valence-electron chi connectivity index (χ0n) is 21.4. The predicted octanol–water partition coefficient (Wildman–Crippen LogP) is 6.06. The fraction of sp³-hybridized carbons (Fsp3) is 0.125. The standard InChI is InChI=1S/C32H22FN3O4/c1-2-35-30(37)22-8-5-7-21-26(15-14-23(29(21)22)31(35)38)36-27(18-10-12-20(33)13-11-18)17-25(34-36)24-16-19-6-3-4-9-28(19)40-32(24)39/h3-16,27H,2,17H2,1H3. The first-order valence-corrected chi connectivity index (χ1v) is 13.0. The number of imide groups is 1. The lowest BCUT2D eigenvalue weighted by Crippen LogP contribution is -2.40. The number of hydrogen-bond acceptors (Lipinski definition) is 6. The third kappa shape index (κ3) is 3.56. The van der Waals surface area contributed by atoms with Gasteiger partial charge in [-0.2, -0.15) is 5.10 Å². The third-order valence-electron chi connectivity index (χ3n) is 7.65. The molecule has 0 aliphatic carbocycles. The predicted molar refractivity (Wildman–Crippen MR) is 150 cm³/mol. The van der Waals surface area contributed by atoms with E-state index in [1.54, 1.807) is 60.5 Å². The summed E-state index contributed by atoms with van der Waals surface area (Å²) in [4.78, 5) is 40.6. The van der Waals surface area contributed by atoms with Crippen molar-refractivity contribution in [3.05, 3.63) is 123 Å². The van der Waals surface area contributed by atoms with Crippen molar-refractivity contribution in [2.45, 2.75) is 19.4 Å². The molecule has 0 spiro atoms. The van der Waals surface area contributed by atoms with Gasteiger partial charge in [-0.3, -0.25) is 19.5 Å². The van der Waals surface area contributed by atoms with Crippen molar-refractivity contribution < 1.29 is 18.4 Å². The van der Waals surface area contributed by atoms with Gasteiger partial charge in [0.1, 0.15) is 11.4 Å². The van der Waals surface area contributed by atoms with E-state index in [1.807, 2.05) is 24.3 Å². The molecule has 0 fully saturated rings. The second-order valence-corrected chi connectivity index (χ2v) is 9.86. The molecule has 5 aromatic rings. The highest BCUT2D eigenvalue weighted by Gasteiger charge is 2.36. The van der Waals surface area contributed by atoms with Crippen molar-refractivity contribution in [3.63, 3.8) is 0 Å². The average molecular weight is 532 g/mol. The summed E-state index contributed by atoms with van der Waals surface area (Å²) in [6, 6.07) is 23.8. The second kappa shape index (κ2) is 8.98. The molecule has 1 aromatic heterocycles. The van der Waals surface area contributed by atoms with Crippen molar-refractivity contribution in [1.82, 2.24) is 4.90 Å². The van der Waals surface area contributed by atoms with E-state index in [4.69, 9.17) is 9.52 Å². The molecule has 2 aliphatic rings. The first kappa shape index (κ1) is 24.0. The zero-order valence-corrected chi connectivity index (χ0v) is 21.4. The monoisotopic (exact) mass is 531 g/mol. The van der Waals surface area contributed by atoms with E-state index in [9.17, 15) is 18.8 Å². The van der Waals surface area contributed by atoms with Crippen LogP contribution in [0, 0.1) is 5.82 Å². The molecule has 7 rings (SSSR count). The number of nitrogens with zero attached hydrogens (tertiary/aromatic N) is 3. The van der Waals surface area contributed by atoms with E-state index >= 15 is 0 Å². The van der Waals surface area contributed by atoms with Crippen LogP contribution in [0.5, 0.6) is 0 Å². The normalized spacial score (nSPS) is 16.8. The average Bonchev–Trinajstić information content (AvgIpc) is 3.41. The summed E-state index contributed by atoms with van der Waals surface area (Å²) in [7, 11) is 0. The maximum Gasteiger partial charge on any atom is 0.345 e. The Balaban J connectivity index is 1.43. The van der Waals surface area contributed by atoms with Crippen LogP contribution in [0.15, 0.2) is 99.2 Å². The summed E-state index contributed by atoms with van der Waals surface area (Å²) in [5.41, 5.74) is 3.24. The van der Waals surface area contributed by atoms with Crippen LogP contribution in [0.3, 0.4) is 0 Å². The summed E-state index contributed by atoms with van der Waals surface area (Å²) in [6.07, 6.45) is 0.360. The molecule has 40 heavy (non-hydrogen) atoms. The zero-order chi connectivity index (χ0) is 27.5. The van der Waals surface area contributed by atoms with Gasteiger partial charge in [-0.1, -0.05) is 42.5 Å². The Kier molecular flexibility index (Phi) is 5.38. The number of amides is 2. The first-order valence-electron chi connectivity index (χ1n) is 13.0. The summed E-state index contributed by atoms with van der Waals surface area (Å²) in [5, 5.41) is 8.75. The Morgan fingerprint density at radius 1 is 0.875 bits per heavy atom. The fourth-order valence-corrected chi connectivity index (χ4v) is 5.72. The van der Waals surface area contributed by atoms with Crippen molar-refractivity contribution in [3.8, 4) is 0 Å². The number of fused-ring (bicyclic) bond motifs is 1. The van der Waals surface area contributed by atoms with Crippen molar-refractivity contribution in [1.29, 1.82) is 0 Å². The van der Waals surface area contributed by atoms with E-state index in [-0.39, 0.29) is 30.2 Å². The lowest BCUT2D eigenvalue weighted by molar-refractivity contribution is 0.0619. The van der Waals surface area contributed by atoms with Crippen LogP contribution in [0.25, 0.3) is 21.7 Å². The van der Waals surface area contributed by atoms with Gasteiger partial charge in [0.2, 0.25) is 0 Å². The van der Waals surface area contributed by atoms with Gasteiger partial charge < -0.3 is 4.42 Å². The largest absolute Gasteiger partial charge is 0.422 e. The van der Waals surface area contributed by atoms with Gasteiger partial charge >= 0.3 is 5.63 Å². The molecule has 196 valence electrons. The Hall–Kier alpha value is -5.11. The Morgan fingerprint density at radius 2 is 1.62 bits per heavy atom. The highest BCUT2D eigenvalue weighted by Crippen LogP contribution is 2.42. The maximum atomic E-state index is 13.8. The van der Waals surface area contributed by atoms with Gasteiger partial charge in [0, 0.05) is 40.3 Å². The number of anilines is 1. The Labute approximate surface area is 227 Å². The molecule has 4 aromatic carbocycles. The summed E-state index contributed by atoms with van der Waals surface area (Å²) >= 11 is 0. The number of hydrogen-bond donors (Lipinski definition) is 0. The van der Waals surface area contributed by atoms with Crippen LogP contribution >= 0.6 is 0 Å². The summed E-state index contributed by atoms with van der Waals surface area (Å²) in [5.74, 6) is -1.03. The van der Waals surface area contributed by atoms with Crippen LogP contribution in [0.2, 0.25) is 0 Å². The lowest BCUT2D eigenvalue weighted by Gasteiger charge is -2.29. The van der Waals surface area contributed by atoms with Crippen LogP contribution in [0.1, 0.15) is 51.2 Å². The van der Waals surface area contributed by atoms with Crippen LogP contribution in [-0.4, -0.2) is 29.0 Å². The third-order valence-corrected chi connectivity index (χ3v) is 7.65. The van der Waals surface area contributed by atoms with E-state index in [1.165, 1.54) is 17.0 Å². The summed E-state index contributed by atoms with van der Waals surface area (Å²) < 4.78 is 19.4. The van der Waals surface area contributed by atoms with Crippen LogP contribution in [-0.2, 0) is 0 Å². The van der Waals surface area contributed by atoms with Gasteiger partial charge in [-0.15, -0.1) is 0 Å². The topological polar surface area (TPSA) is 83.2 Å². The fourth-order valence-electron chi connectivity index (χ4n) is 5.72. The number of benzene rings is 4. The van der Waals surface area contributed by atoms with Gasteiger partial charge in [-0.05, 0) is 55.0 Å². The molecule has 0 saturated carbocycles. The number of hydrazone groups is 1. The van der Waals surface area contributed by atoms with Crippen molar-refractivity contribution >= 4 is 45.0 Å². The quantitative estimate of drug-likeness (QED) is 0.208. The first-order chi connectivity index (χ1) is 19.4. The molecule has 7 nitrogen and oxygen atoms in total. The van der Waals surface area contributed by atoms with E-state index in [2.05, 4.69) is 0 Å². The van der Waals surface area contributed by atoms with Crippen LogP contribution < -0.4 is 10.6 Å². The van der Waals surface area contributed by atoms with Gasteiger partial charge in [0.05, 0.1) is 23.0 Å². The molecule has 0 radical (unpaired) electrons. The van der Waals surface area contributed by atoms with Gasteiger partial charge in [0.25, 0.3) is 11.8 Å². The van der Waals surface area contributed by atoms with Crippen molar-refractivity contribution in [2.75, 3.05) is 11.6 Å². The molecule has 1 unspecified atom stereocenters. The number of carbonyl (C=O) groups is 2. The van der Waals surface area contributed by atoms with Crippen molar-refractivity contribution in [2.24, 2.45) is 5.10 Å². The van der Waals surface area contributed by atoms with E-state index in [0.717, 1.165) is 10.9 Å². The molecule has 3 heterocycles. The lowest BCUT2D eigenvalue weighted by atomic mass is 9.92. The molecule has 2 amide bonds. The SMILES string of the molecule is CCN1C(=O)c2cccc3c(N4N=C(c5cc6ccccc6oc5=O)CC4c4ccc(F)cc4)ccc(c23)C1=O. The number of rotatable bonds is 4. The number of halogens is 1. The molecule has 0 N–H and O–H groups in total.